The number of benzene rings is 2. The van der Waals surface area contributed by atoms with Gasteiger partial charge in [0.15, 0.2) is 11.6 Å². The summed E-state index contributed by atoms with van der Waals surface area (Å²) in [4.78, 5) is 41.1. The van der Waals surface area contributed by atoms with Crippen LogP contribution in [0.1, 0.15) is 28.4 Å². The maximum absolute atomic E-state index is 13.6. The van der Waals surface area contributed by atoms with Crippen LogP contribution >= 0.6 is 0 Å². The molecule has 0 radical (unpaired) electrons. The van der Waals surface area contributed by atoms with E-state index in [9.17, 15) is 23.2 Å². The Bertz CT molecular complexity index is 1120. The normalized spacial score (nSPS) is 11.5. The molecule has 1 heterocycles. The fourth-order valence-corrected chi connectivity index (χ4v) is 2.96. The minimum atomic E-state index is -1.24. The van der Waals surface area contributed by atoms with Gasteiger partial charge in [-0.3, -0.25) is 14.4 Å². The predicted molar refractivity (Wildman–Crippen MR) is 113 cm³/mol. The van der Waals surface area contributed by atoms with Crippen LogP contribution in [0.3, 0.4) is 0 Å². The fraction of sp³-hybridized carbons (Fsp3) is 0.182. The second-order valence-corrected chi connectivity index (χ2v) is 6.87. The van der Waals surface area contributed by atoms with Crippen molar-refractivity contribution in [2.45, 2.75) is 19.0 Å². The summed E-state index contributed by atoms with van der Waals surface area (Å²) in [5.41, 5.74) is 0.659. The van der Waals surface area contributed by atoms with E-state index < -0.39 is 29.5 Å². The van der Waals surface area contributed by atoms with Crippen LogP contribution in [0, 0.1) is 11.6 Å². The Kier molecular flexibility index (Phi) is 7.27. The maximum atomic E-state index is 13.6. The third-order valence-corrected chi connectivity index (χ3v) is 4.63. The molecule has 3 rings (SSSR count). The highest BCUT2D eigenvalue weighted by Crippen LogP contribution is 2.18. The molecule has 1 atom stereocenters. The monoisotopic (exact) mass is 441 g/mol. The molecule has 0 aliphatic rings. The highest BCUT2D eigenvalue weighted by molar-refractivity contribution is 5.99. The van der Waals surface area contributed by atoms with Crippen molar-refractivity contribution in [1.29, 1.82) is 0 Å². The van der Waals surface area contributed by atoms with Gasteiger partial charge >= 0.3 is 0 Å². The van der Waals surface area contributed by atoms with Gasteiger partial charge < -0.3 is 20.5 Å². The molecule has 2 aromatic carbocycles. The van der Waals surface area contributed by atoms with Crippen molar-refractivity contribution in [2.24, 2.45) is 0 Å². The van der Waals surface area contributed by atoms with E-state index in [4.69, 9.17) is 0 Å². The number of amides is 3. The van der Waals surface area contributed by atoms with E-state index >= 15 is 0 Å². The zero-order valence-corrected chi connectivity index (χ0v) is 17.1. The van der Waals surface area contributed by atoms with Gasteiger partial charge in [-0.2, -0.15) is 0 Å². The number of rotatable bonds is 8. The van der Waals surface area contributed by atoms with E-state index in [1.54, 1.807) is 35.4 Å². The van der Waals surface area contributed by atoms with Crippen LogP contribution in [-0.4, -0.2) is 34.3 Å². The largest absolute Gasteiger partial charge is 0.357 e. The number of nitrogens with zero attached hydrogens (tertiary/aromatic N) is 2. The summed E-state index contributed by atoms with van der Waals surface area (Å²) >= 11 is 0. The number of likely N-dealkylation sites (N-methyl/N-ethyl adjacent to an activating group) is 1. The Hall–Kier alpha value is -4.08. The highest BCUT2D eigenvalue weighted by Gasteiger charge is 2.23. The zero-order chi connectivity index (χ0) is 23.1. The third kappa shape index (κ3) is 5.75. The Morgan fingerprint density at radius 1 is 1.09 bits per heavy atom. The Balaban J connectivity index is 1.69. The molecule has 0 saturated carbocycles. The summed E-state index contributed by atoms with van der Waals surface area (Å²) in [6.07, 6.45) is 5.18. The van der Waals surface area contributed by atoms with E-state index in [1.165, 1.54) is 25.2 Å². The van der Waals surface area contributed by atoms with E-state index in [2.05, 4.69) is 20.9 Å². The lowest BCUT2D eigenvalue weighted by Crippen LogP contribution is -2.39. The maximum Gasteiger partial charge on any atom is 0.252 e. The summed E-state index contributed by atoms with van der Waals surface area (Å²) in [5, 5.41) is 7.60. The van der Waals surface area contributed by atoms with Crippen molar-refractivity contribution in [1.82, 2.24) is 20.2 Å². The first-order chi connectivity index (χ1) is 15.4. The van der Waals surface area contributed by atoms with Crippen LogP contribution in [0.15, 0.2) is 61.2 Å². The summed E-state index contributed by atoms with van der Waals surface area (Å²) in [6.45, 7) is 0.452. The van der Waals surface area contributed by atoms with E-state index in [0.29, 0.717) is 12.2 Å². The van der Waals surface area contributed by atoms with E-state index in [-0.39, 0.29) is 23.5 Å². The first-order valence-electron chi connectivity index (χ1n) is 9.70. The molecule has 10 heteroatoms. The molecule has 166 valence electrons. The summed E-state index contributed by atoms with van der Waals surface area (Å²) in [5.74, 6) is -3.68. The quantitative estimate of drug-likeness (QED) is 0.499. The van der Waals surface area contributed by atoms with E-state index in [0.717, 1.165) is 12.1 Å². The van der Waals surface area contributed by atoms with Crippen molar-refractivity contribution in [3.05, 3.63) is 83.9 Å². The van der Waals surface area contributed by atoms with Gasteiger partial charge in [-0.1, -0.05) is 12.1 Å². The number of carbonyl (C=O) groups excluding carboxylic acids is 3. The lowest BCUT2D eigenvalue weighted by atomic mass is 10.0. The van der Waals surface area contributed by atoms with Crippen molar-refractivity contribution in [3.8, 4) is 0 Å². The van der Waals surface area contributed by atoms with Gasteiger partial charge in [0, 0.05) is 43.7 Å². The molecule has 0 aliphatic carbocycles. The van der Waals surface area contributed by atoms with Gasteiger partial charge in [-0.15, -0.1) is 0 Å². The Labute approximate surface area is 182 Å². The van der Waals surface area contributed by atoms with E-state index in [1.807, 2.05) is 0 Å². The number of imidazole rings is 1. The summed E-state index contributed by atoms with van der Waals surface area (Å²) in [7, 11) is 1.36. The highest BCUT2D eigenvalue weighted by atomic mass is 19.2. The predicted octanol–water partition coefficient (Wildman–Crippen LogP) is 2.41. The molecule has 3 amide bonds. The second-order valence-electron chi connectivity index (χ2n) is 6.87. The molecule has 1 aromatic heterocycles. The molecule has 0 spiro atoms. The Morgan fingerprint density at radius 3 is 2.59 bits per heavy atom. The van der Waals surface area contributed by atoms with Crippen LogP contribution in [0.5, 0.6) is 0 Å². The molecule has 3 N–H and O–H groups in total. The lowest BCUT2D eigenvalue weighted by molar-refractivity contribution is -0.122. The average Bonchev–Trinajstić information content (AvgIpc) is 3.31. The third-order valence-electron chi connectivity index (χ3n) is 4.63. The van der Waals surface area contributed by atoms with Crippen LogP contribution in [0.2, 0.25) is 0 Å². The van der Waals surface area contributed by atoms with Gasteiger partial charge in [0.25, 0.3) is 5.91 Å². The Morgan fingerprint density at radius 2 is 1.91 bits per heavy atom. The number of carbonyl (C=O) groups is 3. The number of aryl methyl sites for hydroxylation is 1. The number of halogens is 2. The van der Waals surface area contributed by atoms with Gasteiger partial charge in [0.1, 0.15) is 6.04 Å². The average molecular weight is 441 g/mol. The van der Waals surface area contributed by atoms with Crippen LogP contribution in [0.4, 0.5) is 14.5 Å². The SMILES string of the molecule is CNC(=O)C(NC(=O)c1cccc(NC(=O)CCn2ccnc2)c1)c1ccc(F)c(F)c1. The summed E-state index contributed by atoms with van der Waals surface area (Å²) < 4.78 is 28.6. The second kappa shape index (κ2) is 10.3. The number of hydrogen-bond acceptors (Lipinski definition) is 4. The topological polar surface area (TPSA) is 105 Å². The standard InChI is InChI=1S/C22H21F2N5O3/c1-25-22(32)20(14-5-6-17(23)18(24)12-14)28-21(31)15-3-2-4-16(11-15)27-19(30)7-9-29-10-8-26-13-29/h2-6,8,10-13,20H,7,9H2,1H3,(H,25,32)(H,27,30)(H,28,31). The fourth-order valence-electron chi connectivity index (χ4n) is 2.96. The lowest BCUT2D eigenvalue weighted by Gasteiger charge is -2.18. The minimum Gasteiger partial charge on any atom is -0.357 e. The van der Waals surface area contributed by atoms with Crippen LogP contribution in [0.25, 0.3) is 0 Å². The van der Waals surface area contributed by atoms with Gasteiger partial charge in [-0.05, 0) is 35.9 Å². The van der Waals surface area contributed by atoms with Crippen molar-refractivity contribution >= 4 is 23.4 Å². The molecule has 8 nitrogen and oxygen atoms in total. The molecule has 0 bridgehead atoms. The number of nitrogens with one attached hydrogen (secondary N) is 3. The first-order valence-corrected chi connectivity index (χ1v) is 9.70. The molecular formula is C22H21F2N5O3. The van der Waals surface area contributed by atoms with Crippen LogP contribution < -0.4 is 16.0 Å². The molecule has 1 unspecified atom stereocenters. The molecule has 32 heavy (non-hydrogen) atoms. The number of aromatic nitrogens is 2. The smallest absolute Gasteiger partial charge is 0.252 e. The first kappa shape index (κ1) is 22.6. The summed E-state index contributed by atoms with van der Waals surface area (Å²) in [6, 6.07) is 7.87. The number of hydrogen-bond donors (Lipinski definition) is 3. The van der Waals surface area contributed by atoms with Gasteiger partial charge in [0.2, 0.25) is 11.8 Å². The minimum absolute atomic E-state index is 0.0839. The molecule has 3 aromatic rings. The van der Waals surface area contributed by atoms with Crippen molar-refractivity contribution < 1.29 is 23.2 Å². The molecule has 0 aliphatic heterocycles. The van der Waals surface area contributed by atoms with Crippen LogP contribution in [-0.2, 0) is 16.1 Å². The van der Waals surface area contributed by atoms with Gasteiger partial charge in [-0.25, -0.2) is 13.8 Å². The van der Waals surface area contributed by atoms with Crippen molar-refractivity contribution in [2.75, 3.05) is 12.4 Å². The van der Waals surface area contributed by atoms with Gasteiger partial charge in [0.05, 0.1) is 6.33 Å². The molecule has 0 fully saturated rings. The molecular weight excluding hydrogens is 420 g/mol. The van der Waals surface area contributed by atoms with Crippen molar-refractivity contribution in [3.63, 3.8) is 0 Å². The number of anilines is 1. The zero-order valence-electron chi connectivity index (χ0n) is 17.1. The molecule has 0 saturated heterocycles.